The van der Waals surface area contributed by atoms with Gasteiger partial charge in [-0.2, -0.15) is 11.8 Å². The summed E-state index contributed by atoms with van der Waals surface area (Å²) in [4.78, 5) is 4.87. The number of halogens is 1. The number of guanidine groups is 1. The van der Waals surface area contributed by atoms with E-state index < -0.39 is 0 Å². The van der Waals surface area contributed by atoms with Crippen molar-refractivity contribution in [2.75, 3.05) is 6.26 Å². The summed E-state index contributed by atoms with van der Waals surface area (Å²) in [6, 6.07) is 1.08. The molecule has 2 unspecified atom stereocenters. The molecule has 1 heterocycles. The molecule has 0 amide bonds. The highest BCUT2D eigenvalue weighted by Crippen LogP contribution is 2.27. The number of rotatable bonds is 5. The first-order valence-electron chi connectivity index (χ1n) is 10.1. The van der Waals surface area contributed by atoms with Crippen LogP contribution in [0.1, 0.15) is 69.4 Å². The van der Waals surface area contributed by atoms with Crippen molar-refractivity contribution in [1.82, 2.24) is 25.4 Å². The molecule has 1 aromatic heterocycles. The van der Waals surface area contributed by atoms with Gasteiger partial charge in [0.2, 0.25) is 0 Å². The van der Waals surface area contributed by atoms with Crippen LogP contribution in [0.2, 0.25) is 0 Å². The van der Waals surface area contributed by atoms with Crippen molar-refractivity contribution in [3.05, 3.63) is 11.6 Å². The quantitative estimate of drug-likeness (QED) is 0.362. The van der Waals surface area contributed by atoms with Gasteiger partial charge in [0.25, 0.3) is 0 Å². The predicted octanol–water partition coefficient (Wildman–Crippen LogP) is 3.78. The number of hydrogen-bond donors (Lipinski definition) is 2. The second kappa shape index (κ2) is 11.5. The van der Waals surface area contributed by atoms with Crippen molar-refractivity contribution in [3.63, 3.8) is 0 Å². The lowest BCUT2D eigenvalue weighted by Crippen LogP contribution is -2.49. The van der Waals surface area contributed by atoms with Crippen LogP contribution in [0.3, 0.4) is 0 Å². The van der Waals surface area contributed by atoms with Gasteiger partial charge in [-0.05, 0) is 45.3 Å². The van der Waals surface area contributed by atoms with Gasteiger partial charge in [-0.15, -0.1) is 34.2 Å². The number of aryl methyl sites for hydroxylation is 1. The summed E-state index contributed by atoms with van der Waals surface area (Å²) in [5.41, 5.74) is 0. The van der Waals surface area contributed by atoms with E-state index >= 15 is 0 Å². The van der Waals surface area contributed by atoms with Gasteiger partial charge in [0, 0.05) is 24.4 Å². The van der Waals surface area contributed by atoms with Crippen molar-refractivity contribution >= 4 is 41.7 Å². The van der Waals surface area contributed by atoms with E-state index in [0.29, 0.717) is 18.6 Å². The Morgan fingerprint density at radius 2 is 1.78 bits per heavy atom. The lowest BCUT2D eigenvalue weighted by atomic mass is 9.94. The summed E-state index contributed by atoms with van der Waals surface area (Å²) < 4.78 is 2.02. The van der Waals surface area contributed by atoms with E-state index in [1.807, 2.05) is 30.3 Å². The summed E-state index contributed by atoms with van der Waals surface area (Å²) in [6.07, 6.45) is 13.9. The average Bonchev–Trinajstić information content (AvgIpc) is 2.99. The van der Waals surface area contributed by atoms with Crippen molar-refractivity contribution in [2.45, 2.75) is 88.6 Å². The fraction of sp³-hybridized carbons (Fsp3) is 0.842. The van der Waals surface area contributed by atoms with Gasteiger partial charge >= 0.3 is 0 Å². The molecule has 6 nitrogen and oxygen atoms in total. The van der Waals surface area contributed by atoms with Crippen molar-refractivity contribution in [1.29, 1.82) is 0 Å². The average molecular weight is 507 g/mol. The summed E-state index contributed by atoms with van der Waals surface area (Å²) in [6.45, 7) is 2.54. The molecule has 27 heavy (non-hydrogen) atoms. The van der Waals surface area contributed by atoms with E-state index in [4.69, 9.17) is 4.99 Å². The van der Waals surface area contributed by atoms with Gasteiger partial charge in [-0.1, -0.05) is 25.7 Å². The third kappa shape index (κ3) is 6.80. The Hall–Kier alpha value is -0.510. The normalized spacial score (nSPS) is 24.3. The number of nitrogens with zero attached hydrogens (tertiary/aromatic N) is 4. The number of aromatic nitrogens is 3. The maximum absolute atomic E-state index is 4.87. The molecule has 2 aliphatic carbocycles. The molecule has 3 rings (SSSR count). The lowest BCUT2D eigenvalue weighted by molar-refractivity contribution is 0.392. The predicted molar refractivity (Wildman–Crippen MR) is 125 cm³/mol. The first kappa shape index (κ1) is 22.8. The van der Waals surface area contributed by atoms with Crippen LogP contribution in [0.15, 0.2) is 4.99 Å². The molecule has 0 spiro atoms. The highest BCUT2D eigenvalue weighted by Gasteiger charge is 2.23. The standard InChI is InChI=1S/C19H34N6S.HI/c1-14-23-24-18(25(14)2)13-20-19(21-15-8-5-4-6-9-15)22-16-10-7-11-17(12-16)26-3;/h15-17H,4-13H2,1-3H3,(H2,20,21,22);1H. The Balaban J connectivity index is 0.00000261. The number of hydrogen-bond acceptors (Lipinski definition) is 4. The highest BCUT2D eigenvalue weighted by atomic mass is 127. The molecule has 0 saturated heterocycles. The summed E-state index contributed by atoms with van der Waals surface area (Å²) in [5.74, 6) is 2.81. The molecule has 0 aromatic carbocycles. The van der Waals surface area contributed by atoms with Gasteiger partial charge < -0.3 is 15.2 Å². The Morgan fingerprint density at radius 3 is 2.44 bits per heavy atom. The Bertz CT molecular complexity index is 599. The molecule has 154 valence electrons. The van der Waals surface area contributed by atoms with Crippen LogP contribution in [0.25, 0.3) is 0 Å². The smallest absolute Gasteiger partial charge is 0.192 e. The van der Waals surface area contributed by atoms with Crippen molar-refractivity contribution < 1.29 is 0 Å². The molecule has 2 N–H and O–H groups in total. The van der Waals surface area contributed by atoms with Gasteiger partial charge in [-0.25, -0.2) is 4.99 Å². The van der Waals surface area contributed by atoms with Crippen LogP contribution < -0.4 is 10.6 Å². The largest absolute Gasteiger partial charge is 0.354 e. The fourth-order valence-electron chi connectivity index (χ4n) is 4.00. The molecule has 2 fully saturated rings. The van der Waals surface area contributed by atoms with Crippen LogP contribution in [-0.4, -0.2) is 44.3 Å². The molecule has 2 aliphatic rings. The van der Waals surface area contributed by atoms with E-state index in [2.05, 4.69) is 27.1 Å². The fourth-order valence-corrected chi connectivity index (χ4v) is 4.82. The molecule has 0 radical (unpaired) electrons. The van der Waals surface area contributed by atoms with Crippen LogP contribution in [0, 0.1) is 6.92 Å². The SMILES string of the molecule is CSC1CCCC(NC(=NCc2nnc(C)n2C)NC2CCCCC2)C1.I. The van der Waals surface area contributed by atoms with Crippen molar-refractivity contribution in [3.8, 4) is 0 Å². The minimum absolute atomic E-state index is 0. The van der Waals surface area contributed by atoms with Gasteiger partial charge in [0.1, 0.15) is 12.4 Å². The number of aliphatic imine (C=N–C) groups is 1. The van der Waals surface area contributed by atoms with Crippen LogP contribution in [0.5, 0.6) is 0 Å². The number of nitrogens with one attached hydrogen (secondary N) is 2. The molecule has 2 saturated carbocycles. The maximum Gasteiger partial charge on any atom is 0.192 e. The van der Waals surface area contributed by atoms with E-state index in [-0.39, 0.29) is 24.0 Å². The Kier molecular flexibility index (Phi) is 9.69. The van der Waals surface area contributed by atoms with E-state index in [1.54, 1.807) is 0 Å². The molecule has 1 aromatic rings. The molecule has 2 atom stereocenters. The molecule has 8 heteroatoms. The lowest BCUT2D eigenvalue weighted by Gasteiger charge is -2.32. The van der Waals surface area contributed by atoms with E-state index in [1.165, 1.54) is 57.8 Å². The van der Waals surface area contributed by atoms with Crippen LogP contribution in [-0.2, 0) is 13.6 Å². The van der Waals surface area contributed by atoms with Gasteiger partial charge in [-0.3, -0.25) is 0 Å². The minimum Gasteiger partial charge on any atom is -0.354 e. The summed E-state index contributed by atoms with van der Waals surface area (Å²) in [7, 11) is 2.01. The van der Waals surface area contributed by atoms with E-state index in [9.17, 15) is 0 Å². The molecular formula is C19H35IN6S. The molecular weight excluding hydrogens is 471 g/mol. The van der Waals surface area contributed by atoms with Crippen LogP contribution in [0.4, 0.5) is 0 Å². The zero-order valence-corrected chi connectivity index (χ0v) is 20.1. The third-order valence-electron chi connectivity index (χ3n) is 5.81. The zero-order valence-electron chi connectivity index (χ0n) is 16.9. The zero-order chi connectivity index (χ0) is 18.4. The highest BCUT2D eigenvalue weighted by molar-refractivity contribution is 14.0. The maximum atomic E-state index is 4.87. The monoisotopic (exact) mass is 506 g/mol. The van der Waals surface area contributed by atoms with E-state index in [0.717, 1.165) is 22.9 Å². The molecule has 0 bridgehead atoms. The summed E-state index contributed by atoms with van der Waals surface area (Å²) in [5, 5.41) is 16.6. The molecule has 0 aliphatic heterocycles. The Morgan fingerprint density at radius 1 is 1.07 bits per heavy atom. The second-order valence-corrected chi connectivity index (χ2v) is 8.87. The minimum atomic E-state index is 0. The first-order chi connectivity index (χ1) is 12.7. The third-order valence-corrected chi connectivity index (χ3v) is 6.90. The Labute approximate surface area is 185 Å². The topological polar surface area (TPSA) is 67.1 Å². The second-order valence-electron chi connectivity index (χ2n) is 7.73. The summed E-state index contributed by atoms with van der Waals surface area (Å²) >= 11 is 2.01. The first-order valence-corrected chi connectivity index (χ1v) is 11.4. The van der Waals surface area contributed by atoms with Crippen LogP contribution >= 0.6 is 35.7 Å². The van der Waals surface area contributed by atoms with Crippen molar-refractivity contribution in [2.24, 2.45) is 12.0 Å². The van der Waals surface area contributed by atoms with Gasteiger partial charge in [0.05, 0.1) is 0 Å². The number of thioether (sulfide) groups is 1. The van der Waals surface area contributed by atoms with Gasteiger partial charge in [0.15, 0.2) is 11.8 Å².